The standard InChI is InChI=1S/C21H20FN3O3/c1-14-12-15(2)24-25(23-14)28-20(21(26)27-3)19(16-8-5-4-6-9-16)17-10-7-11-18(22)13-17/h4-13,23H,1-3H3. The maximum atomic E-state index is 13.9. The molecule has 1 heterocycles. The van der Waals surface area contributed by atoms with Crippen molar-refractivity contribution in [3.05, 3.63) is 89.1 Å². The first-order valence-corrected chi connectivity index (χ1v) is 8.60. The van der Waals surface area contributed by atoms with E-state index in [-0.39, 0.29) is 5.76 Å². The number of allylic oxidation sites excluding steroid dienone is 2. The van der Waals surface area contributed by atoms with Gasteiger partial charge in [0.05, 0.1) is 12.8 Å². The second-order valence-corrected chi connectivity index (χ2v) is 6.12. The molecule has 2 aromatic rings. The number of nitrogens with zero attached hydrogens (tertiary/aromatic N) is 2. The number of nitrogens with one attached hydrogen (secondary N) is 1. The first kappa shape index (κ1) is 19.2. The van der Waals surface area contributed by atoms with E-state index in [0.29, 0.717) is 22.4 Å². The summed E-state index contributed by atoms with van der Waals surface area (Å²) in [5, 5.41) is 5.28. The summed E-state index contributed by atoms with van der Waals surface area (Å²) in [6.07, 6.45) is 1.83. The van der Waals surface area contributed by atoms with E-state index in [9.17, 15) is 9.18 Å². The SMILES string of the molecule is COC(=O)C(ON1N=C(C)C=C(C)N1)=C(c1ccccc1)c1cccc(F)c1. The van der Waals surface area contributed by atoms with Gasteiger partial charge in [-0.1, -0.05) is 42.5 Å². The fourth-order valence-corrected chi connectivity index (χ4v) is 2.78. The van der Waals surface area contributed by atoms with Gasteiger partial charge >= 0.3 is 5.97 Å². The normalized spacial score (nSPS) is 14.4. The number of hydrazone groups is 1. The molecule has 0 fully saturated rings. The van der Waals surface area contributed by atoms with Crippen LogP contribution < -0.4 is 5.43 Å². The van der Waals surface area contributed by atoms with Gasteiger partial charge in [0, 0.05) is 11.3 Å². The number of methoxy groups -OCH3 is 1. The highest BCUT2D eigenvalue weighted by atomic mass is 19.1. The highest BCUT2D eigenvalue weighted by molar-refractivity contribution is 6.00. The van der Waals surface area contributed by atoms with Crippen LogP contribution in [0.25, 0.3) is 5.57 Å². The van der Waals surface area contributed by atoms with Crippen molar-refractivity contribution in [3.8, 4) is 0 Å². The Kier molecular flexibility index (Phi) is 5.74. The molecule has 0 spiro atoms. The van der Waals surface area contributed by atoms with Crippen LogP contribution in [0.3, 0.4) is 0 Å². The number of hydrazine groups is 1. The molecule has 0 amide bonds. The van der Waals surface area contributed by atoms with Gasteiger partial charge in [-0.15, -0.1) is 5.10 Å². The van der Waals surface area contributed by atoms with Crippen LogP contribution in [0.2, 0.25) is 0 Å². The van der Waals surface area contributed by atoms with E-state index in [1.165, 1.54) is 19.2 Å². The number of esters is 1. The molecule has 0 atom stereocenters. The number of carbonyl (C=O) groups is 1. The predicted molar refractivity (Wildman–Crippen MR) is 104 cm³/mol. The van der Waals surface area contributed by atoms with Gasteiger partial charge in [-0.05, 0) is 48.5 Å². The fraction of sp³-hybridized carbons (Fsp3) is 0.143. The van der Waals surface area contributed by atoms with Gasteiger partial charge in [-0.25, -0.2) is 9.18 Å². The predicted octanol–water partition coefficient (Wildman–Crippen LogP) is 3.79. The Balaban J connectivity index is 2.16. The largest absolute Gasteiger partial charge is 0.463 e. The maximum Gasteiger partial charge on any atom is 0.377 e. The molecule has 2 aromatic carbocycles. The average Bonchev–Trinajstić information content (AvgIpc) is 2.67. The summed E-state index contributed by atoms with van der Waals surface area (Å²) in [6.45, 7) is 3.63. The molecule has 28 heavy (non-hydrogen) atoms. The zero-order valence-corrected chi connectivity index (χ0v) is 15.8. The Labute approximate surface area is 162 Å². The zero-order valence-electron chi connectivity index (χ0n) is 15.8. The van der Waals surface area contributed by atoms with Crippen molar-refractivity contribution in [1.29, 1.82) is 0 Å². The summed E-state index contributed by atoms with van der Waals surface area (Å²) in [5.41, 5.74) is 5.88. The van der Waals surface area contributed by atoms with Crippen LogP contribution in [0.15, 0.2) is 77.2 Å². The molecule has 0 aliphatic carbocycles. The Hall–Kier alpha value is -3.61. The number of hydrogen-bond donors (Lipinski definition) is 1. The van der Waals surface area contributed by atoms with E-state index < -0.39 is 11.8 Å². The number of carbonyl (C=O) groups excluding carboxylic acids is 1. The van der Waals surface area contributed by atoms with Gasteiger partial charge < -0.3 is 9.57 Å². The second-order valence-electron chi connectivity index (χ2n) is 6.12. The number of halogens is 1. The van der Waals surface area contributed by atoms with E-state index in [2.05, 4.69) is 10.5 Å². The molecule has 0 unspecified atom stereocenters. The third kappa shape index (κ3) is 4.37. The number of hydrogen-bond acceptors (Lipinski definition) is 6. The second kappa shape index (κ2) is 8.39. The third-order valence-electron chi connectivity index (χ3n) is 3.90. The van der Waals surface area contributed by atoms with Crippen LogP contribution >= 0.6 is 0 Å². The van der Waals surface area contributed by atoms with Crippen molar-refractivity contribution in [3.63, 3.8) is 0 Å². The molecule has 1 N–H and O–H groups in total. The third-order valence-corrected chi connectivity index (χ3v) is 3.90. The highest BCUT2D eigenvalue weighted by Crippen LogP contribution is 2.29. The molecule has 0 saturated heterocycles. The molecule has 144 valence electrons. The minimum Gasteiger partial charge on any atom is -0.463 e. The van der Waals surface area contributed by atoms with E-state index in [0.717, 1.165) is 11.0 Å². The van der Waals surface area contributed by atoms with Crippen LogP contribution in [0.1, 0.15) is 25.0 Å². The first-order valence-electron chi connectivity index (χ1n) is 8.60. The van der Waals surface area contributed by atoms with Crippen molar-refractivity contribution < 1.29 is 18.8 Å². The van der Waals surface area contributed by atoms with Crippen molar-refractivity contribution in [2.45, 2.75) is 13.8 Å². The van der Waals surface area contributed by atoms with Gasteiger partial charge in [-0.3, -0.25) is 5.43 Å². The summed E-state index contributed by atoms with van der Waals surface area (Å²) in [6, 6.07) is 15.0. The minimum absolute atomic E-state index is 0.127. The van der Waals surface area contributed by atoms with Gasteiger partial charge in [0.1, 0.15) is 5.82 Å². The topological polar surface area (TPSA) is 63.2 Å². The Bertz CT molecular complexity index is 968. The minimum atomic E-state index is -0.718. The maximum absolute atomic E-state index is 13.9. The molecule has 0 radical (unpaired) electrons. The van der Waals surface area contributed by atoms with Crippen molar-refractivity contribution in [1.82, 2.24) is 10.7 Å². The van der Waals surface area contributed by atoms with Crippen LogP contribution in [-0.4, -0.2) is 24.1 Å². The monoisotopic (exact) mass is 381 g/mol. The van der Waals surface area contributed by atoms with Gasteiger partial charge in [0.2, 0.25) is 0 Å². The Morgan fingerprint density at radius 1 is 1.07 bits per heavy atom. The summed E-state index contributed by atoms with van der Waals surface area (Å²) in [5.74, 6) is -1.28. The van der Waals surface area contributed by atoms with Crippen LogP contribution in [0.5, 0.6) is 0 Å². The van der Waals surface area contributed by atoms with Crippen LogP contribution in [0, 0.1) is 5.82 Å². The van der Waals surface area contributed by atoms with Crippen molar-refractivity contribution >= 4 is 17.3 Å². The first-order chi connectivity index (χ1) is 13.5. The summed E-state index contributed by atoms with van der Waals surface area (Å²) in [7, 11) is 1.25. The smallest absolute Gasteiger partial charge is 0.377 e. The van der Waals surface area contributed by atoms with Crippen LogP contribution in [0.4, 0.5) is 4.39 Å². The average molecular weight is 381 g/mol. The van der Waals surface area contributed by atoms with Crippen molar-refractivity contribution in [2.24, 2.45) is 5.10 Å². The Morgan fingerprint density at radius 3 is 2.43 bits per heavy atom. The van der Waals surface area contributed by atoms with E-state index >= 15 is 0 Å². The number of ether oxygens (including phenoxy) is 1. The van der Waals surface area contributed by atoms with E-state index in [1.54, 1.807) is 31.2 Å². The molecule has 0 bridgehead atoms. The fourth-order valence-electron chi connectivity index (χ4n) is 2.78. The molecule has 0 saturated carbocycles. The van der Waals surface area contributed by atoms with Crippen LogP contribution in [-0.2, 0) is 14.4 Å². The highest BCUT2D eigenvalue weighted by Gasteiger charge is 2.25. The molecule has 7 heteroatoms. The van der Waals surface area contributed by atoms with E-state index in [1.807, 2.05) is 31.2 Å². The molecule has 1 aliphatic rings. The van der Waals surface area contributed by atoms with E-state index in [4.69, 9.17) is 9.57 Å². The Morgan fingerprint density at radius 2 is 1.79 bits per heavy atom. The summed E-state index contributed by atoms with van der Waals surface area (Å²) < 4.78 is 18.8. The van der Waals surface area contributed by atoms with Gasteiger partial charge in [0.25, 0.3) is 5.76 Å². The lowest BCUT2D eigenvalue weighted by molar-refractivity contribution is -0.174. The summed E-state index contributed by atoms with van der Waals surface area (Å²) >= 11 is 0. The molecule has 6 nitrogen and oxygen atoms in total. The number of rotatable bonds is 5. The van der Waals surface area contributed by atoms with Gasteiger partial charge in [-0.2, -0.15) is 0 Å². The lowest BCUT2D eigenvalue weighted by Gasteiger charge is -2.25. The molecule has 0 aromatic heterocycles. The molecule has 3 rings (SSSR count). The summed E-state index contributed by atoms with van der Waals surface area (Å²) in [4.78, 5) is 18.4. The lowest BCUT2D eigenvalue weighted by Crippen LogP contribution is -2.37. The number of benzene rings is 2. The lowest BCUT2D eigenvalue weighted by atomic mass is 9.96. The quantitative estimate of drug-likeness (QED) is 0.485. The zero-order chi connectivity index (χ0) is 20.1. The molecular formula is C21H20FN3O3. The van der Waals surface area contributed by atoms with Gasteiger partial charge in [0.15, 0.2) is 0 Å². The molecule has 1 aliphatic heterocycles. The van der Waals surface area contributed by atoms with Crippen molar-refractivity contribution in [2.75, 3.05) is 7.11 Å². The molecular weight excluding hydrogens is 361 g/mol.